The van der Waals surface area contributed by atoms with Crippen molar-refractivity contribution in [3.8, 4) is 5.75 Å². The summed E-state index contributed by atoms with van der Waals surface area (Å²) in [4.78, 5) is 10.8. The van der Waals surface area contributed by atoms with E-state index in [4.69, 9.17) is 4.74 Å². The average Bonchev–Trinajstić information content (AvgIpc) is 2.36. The van der Waals surface area contributed by atoms with Crippen LogP contribution in [0.1, 0.15) is 10.4 Å². The molecule has 0 saturated carbocycles. The molecule has 0 saturated heterocycles. The van der Waals surface area contributed by atoms with E-state index in [0.717, 1.165) is 11.3 Å². The molecule has 0 aliphatic rings. The first-order chi connectivity index (χ1) is 7.60. The first-order valence-corrected chi connectivity index (χ1v) is 6.43. The van der Waals surface area contributed by atoms with Crippen molar-refractivity contribution >= 4 is 37.8 Å². The molecule has 0 bridgehead atoms. The number of rotatable bonds is 4. The van der Waals surface area contributed by atoms with Crippen LogP contribution in [0.25, 0.3) is 0 Å². The number of alkyl halides is 2. The number of halogens is 2. The number of benzene rings is 1. The van der Waals surface area contributed by atoms with E-state index in [2.05, 4.69) is 36.6 Å². The van der Waals surface area contributed by atoms with Gasteiger partial charge in [0.25, 0.3) is 0 Å². The molecule has 0 aliphatic carbocycles. The lowest BCUT2D eigenvalue weighted by molar-refractivity contribution is -0.139. The van der Waals surface area contributed by atoms with Crippen LogP contribution in [-0.4, -0.2) is 25.0 Å². The largest absolute Gasteiger partial charge is 0.497 e. The van der Waals surface area contributed by atoms with Crippen molar-refractivity contribution in [2.75, 3.05) is 14.2 Å². The van der Waals surface area contributed by atoms with Crippen molar-refractivity contribution in [2.45, 2.75) is 9.65 Å². The molecule has 0 aliphatic heterocycles. The average molecular weight is 352 g/mol. The van der Waals surface area contributed by atoms with E-state index in [-0.39, 0.29) is 10.8 Å². The molecule has 1 rings (SSSR count). The molecular formula is C11H12Br2O3. The van der Waals surface area contributed by atoms with Crippen molar-refractivity contribution in [1.29, 1.82) is 0 Å². The molecule has 88 valence electrons. The first kappa shape index (κ1) is 13.5. The molecule has 1 aromatic rings. The van der Waals surface area contributed by atoms with E-state index >= 15 is 0 Å². The zero-order chi connectivity index (χ0) is 12.1. The minimum absolute atomic E-state index is 0.133. The van der Waals surface area contributed by atoms with Crippen LogP contribution in [-0.2, 0) is 9.53 Å². The van der Waals surface area contributed by atoms with Gasteiger partial charge < -0.3 is 9.47 Å². The van der Waals surface area contributed by atoms with Gasteiger partial charge in [0.1, 0.15) is 10.6 Å². The van der Waals surface area contributed by atoms with E-state index in [1.165, 1.54) is 7.11 Å². The Hall–Kier alpha value is -0.550. The molecule has 0 fully saturated rings. The molecule has 0 aromatic heterocycles. The SMILES string of the molecule is COC(=O)[C@H](Br)[C@H](Br)c1ccc(OC)cc1. The second-order valence-electron chi connectivity index (χ2n) is 3.10. The highest BCUT2D eigenvalue weighted by atomic mass is 79.9. The predicted octanol–water partition coefficient (Wildman–Crippen LogP) is 3.07. The van der Waals surface area contributed by atoms with Gasteiger partial charge in [0, 0.05) is 0 Å². The number of hydrogen-bond acceptors (Lipinski definition) is 3. The van der Waals surface area contributed by atoms with Gasteiger partial charge in [-0.3, -0.25) is 4.79 Å². The van der Waals surface area contributed by atoms with Gasteiger partial charge in [0.05, 0.1) is 19.0 Å². The van der Waals surface area contributed by atoms with Crippen molar-refractivity contribution in [3.05, 3.63) is 29.8 Å². The van der Waals surface area contributed by atoms with Crippen LogP contribution >= 0.6 is 31.9 Å². The molecule has 2 atom stereocenters. The van der Waals surface area contributed by atoms with Gasteiger partial charge in [0.2, 0.25) is 0 Å². The second kappa shape index (κ2) is 6.25. The molecule has 0 radical (unpaired) electrons. The van der Waals surface area contributed by atoms with E-state index in [9.17, 15) is 4.79 Å². The van der Waals surface area contributed by atoms with Crippen molar-refractivity contribution in [2.24, 2.45) is 0 Å². The second-order valence-corrected chi connectivity index (χ2v) is 5.07. The van der Waals surface area contributed by atoms with Crippen LogP contribution in [0.2, 0.25) is 0 Å². The summed E-state index contributed by atoms with van der Waals surface area (Å²) in [5, 5.41) is 0. The zero-order valence-corrected chi connectivity index (χ0v) is 12.1. The normalized spacial score (nSPS) is 14.0. The van der Waals surface area contributed by atoms with Crippen molar-refractivity contribution in [3.63, 3.8) is 0 Å². The van der Waals surface area contributed by atoms with E-state index in [1.807, 2.05) is 24.3 Å². The lowest BCUT2D eigenvalue weighted by atomic mass is 10.1. The molecule has 0 unspecified atom stereocenters. The number of hydrogen-bond donors (Lipinski definition) is 0. The van der Waals surface area contributed by atoms with Gasteiger partial charge in [-0.1, -0.05) is 44.0 Å². The van der Waals surface area contributed by atoms with Crippen LogP contribution in [0.3, 0.4) is 0 Å². The summed E-state index contributed by atoms with van der Waals surface area (Å²) in [6.07, 6.45) is 0. The van der Waals surface area contributed by atoms with Crippen LogP contribution in [0.15, 0.2) is 24.3 Å². The first-order valence-electron chi connectivity index (χ1n) is 4.60. The highest BCUT2D eigenvalue weighted by molar-refractivity contribution is 9.12. The summed E-state index contributed by atoms with van der Waals surface area (Å²) in [7, 11) is 2.98. The third-order valence-electron chi connectivity index (χ3n) is 2.12. The Labute approximate surface area is 111 Å². The fraction of sp³-hybridized carbons (Fsp3) is 0.364. The maximum absolute atomic E-state index is 11.3. The topological polar surface area (TPSA) is 35.5 Å². The van der Waals surface area contributed by atoms with E-state index in [1.54, 1.807) is 7.11 Å². The maximum Gasteiger partial charge on any atom is 0.320 e. The summed E-state index contributed by atoms with van der Waals surface area (Å²) in [5.74, 6) is 0.477. The molecule has 16 heavy (non-hydrogen) atoms. The minimum Gasteiger partial charge on any atom is -0.497 e. The Bertz CT molecular complexity index is 351. The Balaban J connectivity index is 2.79. The van der Waals surface area contributed by atoms with Crippen LogP contribution in [0.5, 0.6) is 5.75 Å². The molecule has 5 heteroatoms. The molecule has 1 aromatic carbocycles. The van der Waals surface area contributed by atoms with E-state index < -0.39 is 4.83 Å². The fourth-order valence-corrected chi connectivity index (χ4v) is 2.20. The standard InChI is InChI=1S/C11H12Br2O3/c1-15-8-5-3-7(4-6-8)9(12)10(13)11(14)16-2/h3-6,9-10H,1-2H3/t9-,10-/m1/s1. The number of ether oxygens (including phenoxy) is 2. The van der Waals surface area contributed by atoms with Crippen molar-refractivity contribution in [1.82, 2.24) is 0 Å². The van der Waals surface area contributed by atoms with Crippen LogP contribution < -0.4 is 4.74 Å². The van der Waals surface area contributed by atoms with Gasteiger partial charge >= 0.3 is 5.97 Å². The third kappa shape index (κ3) is 3.22. The minimum atomic E-state index is -0.411. The summed E-state index contributed by atoms with van der Waals surface area (Å²) in [6.45, 7) is 0. The zero-order valence-electron chi connectivity index (χ0n) is 8.94. The summed E-state index contributed by atoms with van der Waals surface area (Å²) < 4.78 is 9.72. The molecule has 3 nitrogen and oxygen atoms in total. The Morgan fingerprint density at radius 3 is 2.19 bits per heavy atom. The lowest BCUT2D eigenvalue weighted by Gasteiger charge is -2.15. The Kier molecular flexibility index (Phi) is 5.28. The van der Waals surface area contributed by atoms with E-state index in [0.29, 0.717) is 0 Å². The fourth-order valence-electron chi connectivity index (χ4n) is 1.19. The monoisotopic (exact) mass is 350 g/mol. The van der Waals surface area contributed by atoms with Gasteiger partial charge in [-0.15, -0.1) is 0 Å². The molecule has 0 N–H and O–H groups in total. The molecule has 0 spiro atoms. The quantitative estimate of drug-likeness (QED) is 0.617. The number of carbonyl (C=O) groups is 1. The molecular weight excluding hydrogens is 340 g/mol. The number of esters is 1. The molecule has 0 amide bonds. The van der Waals surface area contributed by atoms with Gasteiger partial charge in [0.15, 0.2) is 0 Å². The van der Waals surface area contributed by atoms with Crippen LogP contribution in [0.4, 0.5) is 0 Å². The summed E-state index contributed by atoms with van der Waals surface area (Å²) in [6, 6.07) is 7.49. The van der Waals surface area contributed by atoms with Crippen LogP contribution in [0, 0.1) is 0 Å². The molecule has 0 heterocycles. The number of methoxy groups -OCH3 is 2. The Morgan fingerprint density at radius 2 is 1.75 bits per heavy atom. The smallest absolute Gasteiger partial charge is 0.320 e. The maximum atomic E-state index is 11.3. The Morgan fingerprint density at radius 1 is 1.19 bits per heavy atom. The van der Waals surface area contributed by atoms with Gasteiger partial charge in [-0.05, 0) is 17.7 Å². The van der Waals surface area contributed by atoms with Gasteiger partial charge in [-0.25, -0.2) is 0 Å². The number of carbonyl (C=O) groups excluding carboxylic acids is 1. The summed E-state index contributed by atoms with van der Waals surface area (Å²) in [5.41, 5.74) is 0.980. The predicted molar refractivity (Wildman–Crippen MR) is 69.4 cm³/mol. The highest BCUT2D eigenvalue weighted by Crippen LogP contribution is 2.32. The lowest BCUT2D eigenvalue weighted by Crippen LogP contribution is -2.20. The third-order valence-corrected chi connectivity index (χ3v) is 4.79. The van der Waals surface area contributed by atoms with Crippen molar-refractivity contribution < 1.29 is 14.3 Å². The van der Waals surface area contributed by atoms with Gasteiger partial charge in [-0.2, -0.15) is 0 Å². The summed E-state index contributed by atoms with van der Waals surface area (Å²) >= 11 is 6.74. The highest BCUT2D eigenvalue weighted by Gasteiger charge is 2.25.